The zero-order chi connectivity index (χ0) is 25.7. The normalized spacial score (nSPS) is 11.3. The topological polar surface area (TPSA) is 93.4 Å². The molecule has 0 aliphatic heterocycles. The SMILES string of the molecule is C=CC(=O)Nc1cc(-c2c(-c3cnn(C)c3)[nH]c3ncc(-c4cn(C)nc4C)c(C)c23)cc(F)c1C. The Kier molecular flexibility index (Phi) is 5.55. The first kappa shape index (κ1) is 23.2. The molecule has 0 spiro atoms. The molecule has 5 rings (SSSR count). The Morgan fingerprint density at radius 3 is 2.47 bits per heavy atom. The molecule has 0 fully saturated rings. The number of anilines is 1. The molecule has 0 aliphatic rings. The van der Waals surface area contributed by atoms with Gasteiger partial charge in [-0.25, -0.2) is 9.37 Å². The van der Waals surface area contributed by atoms with Crippen LogP contribution in [0, 0.1) is 26.6 Å². The average Bonchev–Trinajstić information content (AvgIpc) is 3.53. The number of carbonyl (C=O) groups is 1. The van der Waals surface area contributed by atoms with Crippen LogP contribution in [-0.2, 0) is 18.9 Å². The number of benzene rings is 1. The van der Waals surface area contributed by atoms with Crippen LogP contribution in [0.3, 0.4) is 0 Å². The molecule has 1 aromatic carbocycles. The molecular formula is C27H26FN7O. The van der Waals surface area contributed by atoms with E-state index in [9.17, 15) is 4.79 Å². The number of fused-ring (bicyclic) bond motifs is 1. The van der Waals surface area contributed by atoms with E-state index in [2.05, 4.69) is 27.1 Å². The zero-order valence-electron chi connectivity index (χ0n) is 20.8. The molecule has 0 saturated heterocycles. The van der Waals surface area contributed by atoms with Gasteiger partial charge in [-0.05, 0) is 50.1 Å². The highest BCUT2D eigenvalue weighted by molar-refractivity contribution is 6.07. The number of aromatic nitrogens is 6. The van der Waals surface area contributed by atoms with Gasteiger partial charge in [-0.3, -0.25) is 14.2 Å². The molecule has 0 atom stereocenters. The van der Waals surface area contributed by atoms with Gasteiger partial charge in [-0.2, -0.15) is 10.2 Å². The standard InChI is InChI=1S/C27H26FN7O/c1-7-23(36)31-22-9-17(8-21(28)15(22)3)25-24-14(2)19(20-13-35(6)33-16(20)4)11-29-27(24)32-26(25)18-10-30-34(5)12-18/h7-13H,1H2,2-6H3,(H,29,32)(H,31,36). The molecule has 2 N–H and O–H groups in total. The molecule has 36 heavy (non-hydrogen) atoms. The fourth-order valence-electron chi connectivity index (χ4n) is 4.64. The number of carbonyl (C=O) groups excluding carboxylic acids is 1. The molecule has 4 aromatic heterocycles. The van der Waals surface area contributed by atoms with E-state index in [1.54, 1.807) is 28.6 Å². The molecule has 9 heteroatoms. The molecule has 4 heterocycles. The largest absolute Gasteiger partial charge is 0.339 e. The van der Waals surface area contributed by atoms with Crippen LogP contribution in [0.2, 0.25) is 0 Å². The Morgan fingerprint density at radius 2 is 1.83 bits per heavy atom. The van der Waals surface area contributed by atoms with Crippen LogP contribution >= 0.6 is 0 Å². The molecular weight excluding hydrogens is 457 g/mol. The van der Waals surface area contributed by atoms with Crippen molar-refractivity contribution < 1.29 is 9.18 Å². The first-order valence-electron chi connectivity index (χ1n) is 11.4. The molecule has 0 bridgehead atoms. The summed E-state index contributed by atoms with van der Waals surface area (Å²) in [7, 11) is 3.72. The smallest absolute Gasteiger partial charge is 0.247 e. The molecule has 5 aromatic rings. The van der Waals surface area contributed by atoms with E-state index >= 15 is 4.39 Å². The number of hydrogen-bond acceptors (Lipinski definition) is 4. The number of nitrogens with zero attached hydrogens (tertiary/aromatic N) is 5. The Labute approximate surface area is 207 Å². The van der Waals surface area contributed by atoms with Gasteiger partial charge >= 0.3 is 0 Å². The number of pyridine rings is 1. The van der Waals surface area contributed by atoms with Gasteiger partial charge in [0.05, 0.1) is 17.6 Å². The van der Waals surface area contributed by atoms with Crippen molar-refractivity contribution in [2.45, 2.75) is 20.8 Å². The monoisotopic (exact) mass is 483 g/mol. The molecule has 1 amide bonds. The molecule has 0 radical (unpaired) electrons. The van der Waals surface area contributed by atoms with Crippen LogP contribution in [0.1, 0.15) is 16.8 Å². The van der Waals surface area contributed by atoms with E-state index in [0.29, 0.717) is 22.5 Å². The maximum absolute atomic E-state index is 15.2. The van der Waals surface area contributed by atoms with Crippen LogP contribution in [-0.4, -0.2) is 35.4 Å². The minimum absolute atomic E-state index is 0.346. The lowest BCUT2D eigenvalue weighted by Crippen LogP contribution is -2.09. The van der Waals surface area contributed by atoms with E-state index in [1.807, 2.05) is 46.5 Å². The lowest BCUT2D eigenvalue weighted by Gasteiger charge is -2.13. The van der Waals surface area contributed by atoms with Crippen molar-refractivity contribution in [3.05, 3.63) is 72.2 Å². The third-order valence-corrected chi connectivity index (χ3v) is 6.46. The summed E-state index contributed by atoms with van der Waals surface area (Å²) in [5.74, 6) is -0.837. The fourth-order valence-corrected chi connectivity index (χ4v) is 4.64. The van der Waals surface area contributed by atoms with Gasteiger partial charge in [0, 0.05) is 71.6 Å². The second-order valence-corrected chi connectivity index (χ2v) is 8.92. The molecule has 0 saturated carbocycles. The number of hydrogen-bond donors (Lipinski definition) is 2. The van der Waals surface area contributed by atoms with Gasteiger partial charge in [-0.1, -0.05) is 6.58 Å². The number of nitrogens with one attached hydrogen (secondary N) is 2. The Bertz CT molecular complexity index is 1670. The predicted molar refractivity (Wildman–Crippen MR) is 139 cm³/mol. The molecule has 182 valence electrons. The van der Waals surface area contributed by atoms with Crippen molar-refractivity contribution in [1.29, 1.82) is 0 Å². The maximum Gasteiger partial charge on any atom is 0.247 e. The lowest BCUT2D eigenvalue weighted by molar-refractivity contribution is -0.111. The summed E-state index contributed by atoms with van der Waals surface area (Å²) in [6, 6.07) is 3.27. The highest BCUT2D eigenvalue weighted by Gasteiger charge is 2.23. The van der Waals surface area contributed by atoms with Crippen LogP contribution in [0.4, 0.5) is 10.1 Å². The average molecular weight is 484 g/mol. The molecule has 0 aliphatic carbocycles. The summed E-state index contributed by atoms with van der Waals surface area (Å²) in [5, 5.41) is 12.4. The van der Waals surface area contributed by atoms with Crippen molar-refractivity contribution in [2.75, 3.05) is 5.32 Å². The minimum Gasteiger partial charge on any atom is -0.339 e. The molecule has 8 nitrogen and oxygen atoms in total. The van der Waals surface area contributed by atoms with Gasteiger partial charge in [0.15, 0.2) is 0 Å². The first-order valence-corrected chi connectivity index (χ1v) is 11.4. The van der Waals surface area contributed by atoms with Gasteiger partial charge in [0.2, 0.25) is 5.91 Å². The van der Waals surface area contributed by atoms with Gasteiger partial charge in [0.25, 0.3) is 0 Å². The fraction of sp³-hybridized carbons (Fsp3) is 0.185. The lowest BCUT2D eigenvalue weighted by atomic mass is 9.93. The number of halogens is 1. The summed E-state index contributed by atoms with van der Waals surface area (Å²) >= 11 is 0. The number of H-pyrrole nitrogens is 1. The van der Waals surface area contributed by atoms with Crippen LogP contribution in [0.25, 0.3) is 44.5 Å². The number of aromatic amines is 1. The summed E-state index contributed by atoms with van der Waals surface area (Å²) in [4.78, 5) is 20.2. The van der Waals surface area contributed by atoms with Gasteiger partial charge in [0.1, 0.15) is 11.5 Å². The summed E-state index contributed by atoms with van der Waals surface area (Å²) < 4.78 is 18.7. The van der Waals surface area contributed by atoms with E-state index in [4.69, 9.17) is 4.98 Å². The van der Waals surface area contributed by atoms with Gasteiger partial charge in [-0.15, -0.1) is 0 Å². The Morgan fingerprint density at radius 1 is 1.06 bits per heavy atom. The highest BCUT2D eigenvalue weighted by Crippen LogP contribution is 2.43. The number of amides is 1. The minimum atomic E-state index is -0.428. The summed E-state index contributed by atoms with van der Waals surface area (Å²) in [5.41, 5.74) is 8.17. The highest BCUT2D eigenvalue weighted by atomic mass is 19.1. The van der Waals surface area contributed by atoms with Crippen LogP contribution in [0.5, 0.6) is 0 Å². The second kappa shape index (κ2) is 8.60. The van der Waals surface area contributed by atoms with Crippen molar-refractivity contribution in [3.63, 3.8) is 0 Å². The van der Waals surface area contributed by atoms with Crippen molar-refractivity contribution in [2.24, 2.45) is 14.1 Å². The van der Waals surface area contributed by atoms with Crippen molar-refractivity contribution in [1.82, 2.24) is 29.5 Å². The third-order valence-electron chi connectivity index (χ3n) is 6.46. The third kappa shape index (κ3) is 3.78. The molecule has 0 unspecified atom stereocenters. The summed E-state index contributed by atoms with van der Waals surface area (Å²) in [6.45, 7) is 9.12. The van der Waals surface area contributed by atoms with Gasteiger partial charge < -0.3 is 10.3 Å². The quantitative estimate of drug-likeness (QED) is 0.335. The first-order chi connectivity index (χ1) is 17.2. The van der Waals surface area contributed by atoms with Crippen molar-refractivity contribution in [3.8, 4) is 33.5 Å². The predicted octanol–water partition coefficient (Wildman–Crippen LogP) is 5.22. The number of aryl methyl sites for hydroxylation is 4. The van der Waals surface area contributed by atoms with E-state index in [1.165, 1.54) is 6.07 Å². The van der Waals surface area contributed by atoms with E-state index in [0.717, 1.165) is 50.7 Å². The Balaban J connectivity index is 1.84. The second-order valence-electron chi connectivity index (χ2n) is 8.92. The van der Waals surface area contributed by atoms with Crippen molar-refractivity contribution >= 4 is 22.6 Å². The maximum atomic E-state index is 15.2. The zero-order valence-corrected chi connectivity index (χ0v) is 20.8. The Hall–Kier alpha value is -4.53. The summed E-state index contributed by atoms with van der Waals surface area (Å²) in [6.07, 6.45) is 8.60. The van der Waals surface area contributed by atoms with E-state index < -0.39 is 11.7 Å². The van der Waals surface area contributed by atoms with E-state index in [-0.39, 0.29) is 0 Å². The number of rotatable bonds is 5. The van der Waals surface area contributed by atoms with Crippen LogP contribution in [0.15, 0.2) is 49.6 Å². The van der Waals surface area contributed by atoms with Crippen LogP contribution < -0.4 is 5.32 Å².